The second-order valence-electron chi connectivity index (χ2n) is 3.02. The van der Waals surface area contributed by atoms with E-state index in [0.29, 0.717) is 11.4 Å². The molecule has 4 nitrogen and oxygen atoms in total. The number of hydrogen-bond acceptors (Lipinski definition) is 4. The smallest absolute Gasteiger partial charge is 0.365 e. The van der Waals surface area contributed by atoms with Gasteiger partial charge in [-0.25, -0.2) is 9.78 Å². The van der Waals surface area contributed by atoms with Crippen LogP contribution in [-0.2, 0) is 16.6 Å². The van der Waals surface area contributed by atoms with E-state index in [-0.39, 0.29) is 10.3 Å². The Hall–Kier alpha value is -0.750. The molecule has 6 heteroatoms. The van der Waals surface area contributed by atoms with E-state index in [2.05, 4.69) is 4.98 Å². The number of aromatic nitrogens is 1. The maximum Gasteiger partial charge on any atom is 0.365 e. The van der Waals surface area contributed by atoms with Crippen molar-refractivity contribution in [2.24, 2.45) is 0 Å². The number of thiazole rings is 1. The van der Waals surface area contributed by atoms with E-state index in [9.17, 15) is 9.00 Å². The van der Waals surface area contributed by atoms with Crippen molar-refractivity contribution >= 4 is 28.1 Å². The quantitative estimate of drug-likeness (QED) is 0.855. The highest BCUT2D eigenvalue weighted by molar-refractivity contribution is 7.84. The molecule has 0 fully saturated rings. The second kappa shape index (κ2) is 4.65. The van der Waals surface area contributed by atoms with Gasteiger partial charge in [-0.15, -0.1) is 11.3 Å². The molecule has 14 heavy (non-hydrogen) atoms. The summed E-state index contributed by atoms with van der Waals surface area (Å²) in [5.74, 6) is -0.696. The van der Waals surface area contributed by atoms with Crippen molar-refractivity contribution in [3.8, 4) is 0 Å². The van der Waals surface area contributed by atoms with Crippen LogP contribution in [0, 0.1) is 0 Å². The summed E-state index contributed by atoms with van der Waals surface area (Å²) in [5.41, 5.74) is 0.597. The van der Waals surface area contributed by atoms with Gasteiger partial charge in [0.25, 0.3) is 0 Å². The normalized spacial score (nSPS) is 13.1. The highest BCUT2D eigenvalue weighted by Gasteiger charge is 2.12. The molecule has 0 saturated carbocycles. The molecule has 1 aromatic rings. The van der Waals surface area contributed by atoms with Crippen molar-refractivity contribution in [2.45, 2.75) is 24.9 Å². The highest BCUT2D eigenvalue weighted by atomic mass is 32.2. The molecule has 78 valence electrons. The molecule has 0 aliphatic carbocycles. The van der Waals surface area contributed by atoms with Gasteiger partial charge in [0.2, 0.25) is 5.01 Å². The van der Waals surface area contributed by atoms with Crippen LogP contribution in [0.3, 0.4) is 0 Å². The first-order valence-corrected chi connectivity index (χ1v) is 6.31. The fraction of sp³-hybridized carbons (Fsp3) is 0.500. The maximum atomic E-state index is 11.4. The van der Waals surface area contributed by atoms with Crippen molar-refractivity contribution in [1.29, 1.82) is 0 Å². The van der Waals surface area contributed by atoms with Crippen LogP contribution in [0.2, 0.25) is 0 Å². The number of aromatic carboxylic acids is 1. The van der Waals surface area contributed by atoms with Gasteiger partial charge in [-0.1, -0.05) is 13.8 Å². The van der Waals surface area contributed by atoms with Crippen molar-refractivity contribution in [2.75, 3.05) is 0 Å². The molecule has 0 aliphatic rings. The largest absolute Gasteiger partial charge is 0.476 e. The SMILES string of the molecule is CC(C)S(=O)Cc1csc(C(=O)O)n1. The Bertz CT molecular complexity index is 359. The number of hydrogen-bond donors (Lipinski definition) is 1. The van der Waals surface area contributed by atoms with Gasteiger partial charge in [-0.2, -0.15) is 0 Å². The molecule has 1 rings (SSSR count). The third-order valence-corrected chi connectivity index (χ3v) is 4.06. The Balaban J connectivity index is 2.69. The maximum absolute atomic E-state index is 11.4. The Morgan fingerprint density at radius 2 is 2.36 bits per heavy atom. The topological polar surface area (TPSA) is 67.3 Å². The Kier molecular flexibility index (Phi) is 3.77. The first-order chi connectivity index (χ1) is 6.50. The third-order valence-electron chi connectivity index (χ3n) is 1.55. The van der Waals surface area contributed by atoms with E-state index in [1.807, 2.05) is 13.8 Å². The molecule has 1 unspecified atom stereocenters. The van der Waals surface area contributed by atoms with Gasteiger partial charge >= 0.3 is 5.97 Å². The fourth-order valence-corrected chi connectivity index (χ4v) is 2.32. The second-order valence-corrected chi connectivity index (χ2v) is 5.87. The number of carbonyl (C=O) groups is 1. The summed E-state index contributed by atoms with van der Waals surface area (Å²) in [7, 11) is -0.971. The van der Waals surface area contributed by atoms with Gasteiger partial charge in [0, 0.05) is 21.4 Å². The van der Waals surface area contributed by atoms with Gasteiger partial charge in [0.15, 0.2) is 0 Å². The predicted molar refractivity (Wildman–Crippen MR) is 56.1 cm³/mol. The molecule has 0 bridgehead atoms. The number of rotatable bonds is 4. The van der Waals surface area contributed by atoms with E-state index in [4.69, 9.17) is 5.11 Å². The van der Waals surface area contributed by atoms with Gasteiger partial charge in [-0.3, -0.25) is 4.21 Å². The van der Waals surface area contributed by atoms with Crippen LogP contribution < -0.4 is 0 Å². The van der Waals surface area contributed by atoms with Crippen molar-refractivity contribution in [1.82, 2.24) is 4.98 Å². The number of carboxylic acids is 1. The summed E-state index contributed by atoms with van der Waals surface area (Å²) >= 11 is 1.07. The zero-order valence-corrected chi connectivity index (χ0v) is 9.52. The summed E-state index contributed by atoms with van der Waals surface area (Å²) in [6, 6.07) is 0. The monoisotopic (exact) mass is 233 g/mol. The van der Waals surface area contributed by atoms with Crippen molar-refractivity contribution in [3.05, 3.63) is 16.1 Å². The van der Waals surface area contributed by atoms with Gasteiger partial charge < -0.3 is 5.11 Å². The molecule has 1 heterocycles. The Morgan fingerprint density at radius 1 is 1.71 bits per heavy atom. The summed E-state index contributed by atoms with van der Waals surface area (Å²) in [5, 5.41) is 10.4. The molecule has 1 atom stereocenters. The number of nitrogens with zero attached hydrogens (tertiary/aromatic N) is 1. The molecule has 0 radical (unpaired) electrons. The van der Waals surface area contributed by atoms with Crippen molar-refractivity contribution < 1.29 is 14.1 Å². The zero-order valence-electron chi connectivity index (χ0n) is 7.89. The van der Waals surface area contributed by atoms with Gasteiger partial charge in [0.05, 0.1) is 11.4 Å². The van der Waals surface area contributed by atoms with Crippen LogP contribution >= 0.6 is 11.3 Å². The van der Waals surface area contributed by atoms with Crippen LogP contribution in [0.25, 0.3) is 0 Å². The van der Waals surface area contributed by atoms with E-state index in [1.165, 1.54) is 0 Å². The molecule has 0 amide bonds. The summed E-state index contributed by atoms with van der Waals surface area (Å²) in [6.45, 7) is 3.72. The fourth-order valence-electron chi connectivity index (χ4n) is 0.784. The standard InChI is InChI=1S/C8H11NO3S2/c1-5(2)14(12)4-6-3-13-7(9-6)8(10)11/h3,5H,4H2,1-2H3,(H,10,11). The van der Waals surface area contributed by atoms with Crippen LogP contribution in [0.15, 0.2) is 5.38 Å². The summed E-state index contributed by atoms with van der Waals surface area (Å²) in [6.07, 6.45) is 0. The first-order valence-electron chi connectivity index (χ1n) is 4.05. The van der Waals surface area contributed by atoms with E-state index < -0.39 is 16.8 Å². The minimum atomic E-state index is -1.03. The van der Waals surface area contributed by atoms with E-state index in [1.54, 1.807) is 5.38 Å². The van der Waals surface area contributed by atoms with Crippen LogP contribution in [-0.4, -0.2) is 25.5 Å². The molecular formula is C8H11NO3S2. The molecule has 0 spiro atoms. The first kappa shape index (κ1) is 11.3. The summed E-state index contributed by atoms with van der Waals surface area (Å²) in [4.78, 5) is 14.4. The minimum Gasteiger partial charge on any atom is -0.476 e. The molecule has 1 N–H and O–H groups in total. The van der Waals surface area contributed by atoms with Crippen molar-refractivity contribution in [3.63, 3.8) is 0 Å². The van der Waals surface area contributed by atoms with Crippen LogP contribution in [0.1, 0.15) is 29.3 Å². The lowest BCUT2D eigenvalue weighted by Gasteiger charge is -2.01. The summed E-state index contributed by atoms with van der Waals surface area (Å²) < 4.78 is 11.4. The van der Waals surface area contributed by atoms with Gasteiger partial charge in [-0.05, 0) is 0 Å². The third kappa shape index (κ3) is 2.88. The van der Waals surface area contributed by atoms with E-state index >= 15 is 0 Å². The van der Waals surface area contributed by atoms with E-state index in [0.717, 1.165) is 11.3 Å². The highest BCUT2D eigenvalue weighted by Crippen LogP contribution is 2.12. The Morgan fingerprint density at radius 3 is 2.79 bits per heavy atom. The molecule has 1 aromatic heterocycles. The predicted octanol–water partition coefficient (Wildman–Crippen LogP) is 1.50. The molecule has 0 saturated heterocycles. The van der Waals surface area contributed by atoms with Gasteiger partial charge in [0.1, 0.15) is 0 Å². The average molecular weight is 233 g/mol. The lowest BCUT2D eigenvalue weighted by atomic mass is 10.5. The van der Waals surface area contributed by atoms with Crippen LogP contribution in [0.4, 0.5) is 0 Å². The zero-order chi connectivity index (χ0) is 10.7. The molecular weight excluding hydrogens is 222 g/mol. The van der Waals surface area contributed by atoms with Crippen LogP contribution in [0.5, 0.6) is 0 Å². The molecule has 0 aliphatic heterocycles. The lowest BCUT2D eigenvalue weighted by molar-refractivity contribution is 0.0696. The minimum absolute atomic E-state index is 0.0563. The lowest BCUT2D eigenvalue weighted by Crippen LogP contribution is -2.08. The Labute approximate surface area is 88.4 Å². The molecule has 0 aromatic carbocycles. The average Bonchev–Trinajstić information content (AvgIpc) is 2.52. The number of carboxylic acid groups (broad SMARTS) is 1.